The Morgan fingerprint density at radius 3 is 2.30 bits per heavy atom. The number of hydrogen-bond acceptors (Lipinski definition) is 5. The second kappa shape index (κ2) is 8.10. The number of benzene rings is 2. The molecule has 0 saturated carbocycles. The summed E-state index contributed by atoms with van der Waals surface area (Å²) in [5, 5.41) is 3.05. The van der Waals surface area contributed by atoms with Crippen LogP contribution in [0.25, 0.3) is 11.0 Å². The fourth-order valence-corrected chi connectivity index (χ4v) is 3.08. The normalized spacial score (nSPS) is 11.4. The minimum atomic E-state index is -4.46. The van der Waals surface area contributed by atoms with E-state index in [1.165, 1.54) is 14.2 Å². The first-order chi connectivity index (χ1) is 14.2. The number of halogens is 3. The molecule has 30 heavy (non-hydrogen) atoms. The van der Waals surface area contributed by atoms with Crippen molar-refractivity contribution < 1.29 is 31.9 Å². The molecule has 3 aromatic rings. The summed E-state index contributed by atoms with van der Waals surface area (Å²) >= 11 is 0. The summed E-state index contributed by atoms with van der Waals surface area (Å²) < 4.78 is 53.8. The molecule has 1 N–H and O–H groups in total. The molecule has 0 bridgehead atoms. The Labute approximate surface area is 169 Å². The van der Waals surface area contributed by atoms with E-state index in [0.29, 0.717) is 16.7 Å². The molecule has 1 amide bonds. The van der Waals surface area contributed by atoms with E-state index in [2.05, 4.69) is 5.32 Å². The Morgan fingerprint density at radius 1 is 1.07 bits per heavy atom. The Hall–Kier alpha value is -3.49. The van der Waals surface area contributed by atoms with Crippen LogP contribution < -0.4 is 20.4 Å². The standard InChI is InChI=1S/C21H18F3NO5/c1-11-14-8-9-16(28-2)19(29-3)18(14)30-20(27)15(11)10-17(26)25-13-6-4-12(5-7-13)21(22,23)24/h4-9H,10H2,1-3H3,(H,25,26). The maximum Gasteiger partial charge on any atom is 0.416 e. The van der Waals surface area contributed by atoms with E-state index in [1.54, 1.807) is 19.1 Å². The first kappa shape index (κ1) is 21.2. The van der Waals surface area contributed by atoms with Crippen molar-refractivity contribution in [2.75, 3.05) is 19.5 Å². The molecule has 158 valence electrons. The molecule has 0 saturated heterocycles. The van der Waals surface area contributed by atoms with Crippen molar-refractivity contribution in [2.24, 2.45) is 0 Å². The highest BCUT2D eigenvalue weighted by Gasteiger charge is 2.30. The molecule has 3 rings (SSSR count). The molecular formula is C21H18F3NO5. The molecule has 9 heteroatoms. The number of carbonyl (C=O) groups excluding carboxylic acids is 1. The van der Waals surface area contributed by atoms with Gasteiger partial charge in [0.25, 0.3) is 0 Å². The van der Waals surface area contributed by atoms with E-state index < -0.39 is 23.3 Å². The van der Waals surface area contributed by atoms with E-state index in [-0.39, 0.29) is 29.0 Å². The number of alkyl halides is 3. The highest BCUT2D eigenvalue weighted by atomic mass is 19.4. The number of fused-ring (bicyclic) bond motifs is 1. The number of nitrogens with one attached hydrogen (secondary N) is 1. The Bertz CT molecular complexity index is 1150. The molecule has 6 nitrogen and oxygen atoms in total. The summed E-state index contributed by atoms with van der Waals surface area (Å²) in [5.74, 6) is 0.0845. The number of rotatable bonds is 5. The van der Waals surface area contributed by atoms with Gasteiger partial charge in [0, 0.05) is 11.1 Å². The average molecular weight is 421 g/mol. The van der Waals surface area contributed by atoms with Crippen molar-refractivity contribution in [3.63, 3.8) is 0 Å². The fraction of sp³-hybridized carbons (Fsp3) is 0.238. The van der Waals surface area contributed by atoms with Crippen LogP contribution in [0.3, 0.4) is 0 Å². The van der Waals surface area contributed by atoms with Crippen molar-refractivity contribution in [1.82, 2.24) is 0 Å². The van der Waals surface area contributed by atoms with Crippen LogP contribution in [0.15, 0.2) is 45.6 Å². The SMILES string of the molecule is COc1ccc2c(C)c(CC(=O)Nc3ccc(C(F)(F)F)cc3)c(=O)oc2c1OC. The number of aryl methyl sites for hydroxylation is 1. The number of ether oxygens (including phenoxy) is 2. The van der Waals surface area contributed by atoms with Gasteiger partial charge in [-0.3, -0.25) is 4.79 Å². The van der Waals surface area contributed by atoms with Crippen molar-refractivity contribution in [3.05, 3.63) is 63.5 Å². The number of anilines is 1. The average Bonchev–Trinajstić information content (AvgIpc) is 2.70. The third-order valence-corrected chi connectivity index (χ3v) is 4.63. The highest BCUT2D eigenvalue weighted by Crippen LogP contribution is 2.36. The number of carbonyl (C=O) groups is 1. The van der Waals surface area contributed by atoms with Crippen LogP contribution >= 0.6 is 0 Å². The zero-order valence-corrected chi connectivity index (χ0v) is 16.3. The van der Waals surface area contributed by atoms with Gasteiger partial charge >= 0.3 is 11.8 Å². The zero-order valence-electron chi connectivity index (χ0n) is 16.3. The first-order valence-electron chi connectivity index (χ1n) is 8.80. The van der Waals surface area contributed by atoms with Gasteiger partial charge in [-0.2, -0.15) is 13.2 Å². The lowest BCUT2D eigenvalue weighted by molar-refractivity contribution is -0.137. The third-order valence-electron chi connectivity index (χ3n) is 4.63. The summed E-state index contributed by atoms with van der Waals surface area (Å²) in [6.45, 7) is 1.67. The van der Waals surface area contributed by atoms with Crippen LogP contribution in [0.2, 0.25) is 0 Å². The lowest BCUT2D eigenvalue weighted by Gasteiger charge is -2.13. The second-order valence-corrected chi connectivity index (χ2v) is 6.47. The van der Waals surface area contributed by atoms with Crippen LogP contribution in [0, 0.1) is 6.92 Å². The first-order valence-corrected chi connectivity index (χ1v) is 8.80. The van der Waals surface area contributed by atoms with Gasteiger partial charge in [-0.05, 0) is 48.9 Å². The largest absolute Gasteiger partial charge is 0.493 e. The van der Waals surface area contributed by atoms with E-state index in [1.807, 2.05) is 0 Å². The second-order valence-electron chi connectivity index (χ2n) is 6.47. The predicted molar refractivity (Wildman–Crippen MR) is 104 cm³/mol. The minimum Gasteiger partial charge on any atom is -0.493 e. The van der Waals surface area contributed by atoms with Crippen molar-refractivity contribution in [3.8, 4) is 11.5 Å². The predicted octanol–water partition coefficient (Wildman–Crippen LogP) is 4.32. The number of hydrogen-bond donors (Lipinski definition) is 1. The third kappa shape index (κ3) is 4.10. The van der Waals surface area contributed by atoms with Gasteiger partial charge in [-0.25, -0.2) is 4.79 Å². The monoisotopic (exact) mass is 421 g/mol. The van der Waals surface area contributed by atoms with Gasteiger partial charge in [-0.1, -0.05) is 0 Å². The number of methoxy groups -OCH3 is 2. The maximum absolute atomic E-state index is 12.6. The van der Waals surface area contributed by atoms with Crippen LogP contribution in [0.1, 0.15) is 16.7 Å². The van der Waals surface area contributed by atoms with E-state index in [9.17, 15) is 22.8 Å². The quantitative estimate of drug-likeness (QED) is 0.621. The van der Waals surface area contributed by atoms with E-state index >= 15 is 0 Å². The van der Waals surface area contributed by atoms with Gasteiger partial charge in [0.05, 0.1) is 31.8 Å². The minimum absolute atomic E-state index is 0.138. The van der Waals surface area contributed by atoms with Crippen LogP contribution in [-0.2, 0) is 17.4 Å². The van der Waals surface area contributed by atoms with Crippen molar-refractivity contribution in [1.29, 1.82) is 0 Å². The van der Waals surface area contributed by atoms with Gasteiger partial charge in [0.2, 0.25) is 11.7 Å². The molecule has 0 aliphatic carbocycles. The summed E-state index contributed by atoms with van der Waals surface area (Å²) in [4.78, 5) is 24.9. The molecule has 0 radical (unpaired) electrons. The molecule has 2 aromatic carbocycles. The van der Waals surface area contributed by atoms with Gasteiger partial charge in [0.1, 0.15) is 0 Å². The molecule has 0 aliphatic rings. The van der Waals surface area contributed by atoms with E-state index in [0.717, 1.165) is 24.3 Å². The summed E-state index contributed by atoms with van der Waals surface area (Å²) in [6.07, 6.45) is -4.77. The smallest absolute Gasteiger partial charge is 0.416 e. The fourth-order valence-electron chi connectivity index (χ4n) is 3.08. The maximum atomic E-state index is 12.6. The molecule has 0 spiro atoms. The van der Waals surface area contributed by atoms with Crippen molar-refractivity contribution >= 4 is 22.6 Å². The Kier molecular flexibility index (Phi) is 5.73. The van der Waals surface area contributed by atoms with Crippen LogP contribution in [-0.4, -0.2) is 20.1 Å². The topological polar surface area (TPSA) is 77.8 Å². The van der Waals surface area contributed by atoms with Crippen LogP contribution in [0.4, 0.5) is 18.9 Å². The zero-order chi connectivity index (χ0) is 22.1. The molecule has 0 unspecified atom stereocenters. The van der Waals surface area contributed by atoms with Gasteiger partial charge in [0.15, 0.2) is 11.3 Å². The number of amides is 1. The lowest BCUT2D eigenvalue weighted by atomic mass is 10.0. The lowest BCUT2D eigenvalue weighted by Crippen LogP contribution is -2.20. The molecule has 0 atom stereocenters. The molecule has 1 aromatic heterocycles. The molecule has 1 heterocycles. The Morgan fingerprint density at radius 2 is 1.73 bits per heavy atom. The van der Waals surface area contributed by atoms with Gasteiger partial charge < -0.3 is 19.2 Å². The molecular weight excluding hydrogens is 403 g/mol. The molecule has 0 fully saturated rings. The molecule has 0 aliphatic heterocycles. The summed E-state index contributed by atoms with van der Waals surface area (Å²) in [5.41, 5.74) is -0.484. The highest BCUT2D eigenvalue weighted by molar-refractivity contribution is 5.94. The van der Waals surface area contributed by atoms with Gasteiger partial charge in [-0.15, -0.1) is 0 Å². The van der Waals surface area contributed by atoms with Crippen molar-refractivity contribution in [2.45, 2.75) is 19.5 Å². The summed E-state index contributed by atoms with van der Waals surface area (Å²) in [6, 6.07) is 7.36. The van der Waals surface area contributed by atoms with E-state index in [4.69, 9.17) is 13.9 Å². The van der Waals surface area contributed by atoms with Crippen LogP contribution in [0.5, 0.6) is 11.5 Å². The Balaban J connectivity index is 1.88. The summed E-state index contributed by atoms with van der Waals surface area (Å²) in [7, 11) is 2.87.